The second-order valence-corrected chi connectivity index (χ2v) is 26.6. The maximum Gasteiger partial charge on any atom is 0.252 e. The summed E-state index contributed by atoms with van der Waals surface area (Å²) < 4.78 is 5.27. The van der Waals surface area contributed by atoms with Crippen molar-refractivity contribution in [3.8, 4) is 11.4 Å². The van der Waals surface area contributed by atoms with Gasteiger partial charge < -0.3 is 18.9 Å². The van der Waals surface area contributed by atoms with Gasteiger partial charge in [-0.2, -0.15) is 0 Å². The van der Waals surface area contributed by atoms with Crippen LogP contribution in [0.1, 0.15) is 105 Å². The van der Waals surface area contributed by atoms with Gasteiger partial charge in [-0.05, 0) is 149 Å². The zero-order valence-corrected chi connectivity index (χ0v) is 46.1. The number of nitrogens with zero attached hydrogens (tertiary/aromatic N) is 4. The van der Waals surface area contributed by atoms with Crippen molar-refractivity contribution in [2.75, 3.05) is 9.80 Å². The summed E-state index contributed by atoms with van der Waals surface area (Å²) >= 11 is 0. The second kappa shape index (κ2) is 15.0. The monoisotopic (exact) mass is 983 g/mol. The molecule has 0 N–H and O–H groups in total. The van der Waals surface area contributed by atoms with Gasteiger partial charge in [-0.1, -0.05) is 180 Å². The Labute approximate surface area is 448 Å². The number of fused-ring (bicyclic) bond motifs is 14. The smallest absolute Gasteiger partial charge is 0.252 e. The van der Waals surface area contributed by atoms with Crippen LogP contribution in [0.4, 0.5) is 34.1 Å². The lowest BCUT2D eigenvalue weighted by molar-refractivity contribution is 0.590. The topological polar surface area (TPSA) is 16.3 Å². The minimum Gasteiger partial charge on any atom is -0.311 e. The average Bonchev–Trinajstić information content (AvgIpc) is 4.11. The van der Waals surface area contributed by atoms with Crippen LogP contribution in [0.2, 0.25) is 0 Å². The highest BCUT2D eigenvalue weighted by Gasteiger charge is 2.45. The molecule has 76 heavy (non-hydrogen) atoms. The second-order valence-electron chi connectivity index (χ2n) is 26.6. The number of anilines is 6. The zero-order chi connectivity index (χ0) is 52.3. The Morgan fingerprint density at radius 1 is 0.289 bits per heavy atom. The highest BCUT2D eigenvalue weighted by atomic mass is 15.2. The van der Waals surface area contributed by atoms with Gasteiger partial charge in [-0.25, -0.2) is 0 Å². The van der Waals surface area contributed by atoms with Gasteiger partial charge in [0.15, 0.2) is 0 Å². The molecule has 0 amide bonds. The molecule has 6 heteroatoms. The predicted octanol–water partition coefficient (Wildman–Crippen LogP) is 14.3. The molecule has 9 aromatic carbocycles. The van der Waals surface area contributed by atoms with Crippen LogP contribution in [0.5, 0.6) is 0 Å². The number of rotatable bonds is 2. The van der Waals surface area contributed by atoms with Crippen LogP contribution < -0.4 is 42.6 Å². The van der Waals surface area contributed by atoms with E-state index < -0.39 is 0 Å². The molecule has 4 aliphatic rings. The Morgan fingerprint density at radius 2 is 0.632 bits per heavy atom. The molecule has 15 rings (SSSR count). The van der Waals surface area contributed by atoms with E-state index in [2.05, 4.69) is 272 Å². The number of hydrogen-bond donors (Lipinski definition) is 0. The fourth-order valence-corrected chi connectivity index (χ4v) is 14.0. The molecular formula is C70H64B2N4. The highest BCUT2D eigenvalue weighted by Crippen LogP contribution is 2.47. The Hall–Kier alpha value is -7.69. The van der Waals surface area contributed by atoms with E-state index in [4.69, 9.17) is 0 Å². The summed E-state index contributed by atoms with van der Waals surface area (Å²) in [5.41, 5.74) is 28.7. The molecule has 0 aliphatic carbocycles. The minimum absolute atomic E-state index is 0.0124. The van der Waals surface area contributed by atoms with Crippen LogP contribution in [0.3, 0.4) is 0 Å². The van der Waals surface area contributed by atoms with Crippen molar-refractivity contribution >= 4 is 124 Å². The molecule has 0 spiro atoms. The third-order valence-corrected chi connectivity index (χ3v) is 17.9. The van der Waals surface area contributed by atoms with Crippen LogP contribution >= 0.6 is 0 Å². The summed E-state index contributed by atoms with van der Waals surface area (Å²) in [6.07, 6.45) is 0. The lowest BCUT2D eigenvalue weighted by atomic mass is 9.33. The van der Waals surface area contributed by atoms with E-state index in [-0.39, 0.29) is 35.1 Å². The summed E-state index contributed by atoms with van der Waals surface area (Å²) in [6.45, 7) is 28.0. The van der Waals surface area contributed by atoms with Crippen molar-refractivity contribution in [1.82, 2.24) is 9.13 Å². The molecule has 2 aromatic heterocycles. The first-order valence-corrected chi connectivity index (χ1v) is 27.7. The van der Waals surface area contributed by atoms with Gasteiger partial charge in [0.25, 0.3) is 13.4 Å². The number of hydrogen-bond acceptors (Lipinski definition) is 2. The predicted molar refractivity (Wildman–Crippen MR) is 329 cm³/mol. The normalized spacial score (nSPS) is 14.5. The molecule has 4 aliphatic heterocycles. The number of para-hydroxylation sites is 2. The van der Waals surface area contributed by atoms with Gasteiger partial charge in [0, 0.05) is 78.1 Å². The quantitative estimate of drug-likeness (QED) is 0.161. The van der Waals surface area contributed by atoms with Crippen molar-refractivity contribution in [1.29, 1.82) is 0 Å². The van der Waals surface area contributed by atoms with Gasteiger partial charge in [-0.3, -0.25) is 0 Å². The van der Waals surface area contributed by atoms with Crippen LogP contribution in [0.15, 0.2) is 170 Å². The highest BCUT2D eigenvalue weighted by molar-refractivity contribution is 7.01. The molecule has 0 unspecified atom stereocenters. The Balaban J connectivity index is 1.00. The van der Waals surface area contributed by atoms with E-state index in [1.807, 2.05) is 0 Å². The molecule has 0 saturated heterocycles. The van der Waals surface area contributed by atoms with Gasteiger partial charge in [0.2, 0.25) is 0 Å². The molecule has 6 heterocycles. The van der Waals surface area contributed by atoms with E-state index in [1.54, 1.807) is 0 Å². The zero-order valence-electron chi connectivity index (χ0n) is 46.1. The third kappa shape index (κ3) is 6.16. The van der Waals surface area contributed by atoms with Crippen LogP contribution in [0.25, 0.3) is 55.0 Å². The summed E-state index contributed by atoms with van der Waals surface area (Å²) in [6, 6.07) is 66.7. The molecule has 0 saturated carbocycles. The molecule has 370 valence electrons. The van der Waals surface area contributed by atoms with Gasteiger partial charge in [-0.15, -0.1) is 0 Å². The third-order valence-electron chi connectivity index (χ3n) is 17.9. The van der Waals surface area contributed by atoms with E-state index in [0.717, 1.165) is 0 Å². The summed E-state index contributed by atoms with van der Waals surface area (Å²) in [4.78, 5) is 5.09. The van der Waals surface area contributed by atoms with Crippen molar-refractivity contribution in [2.45, 2.75) is 105 Å². The summed E-state index contributed by atoms with van der Waals surface area (Å²) in [5, 5.41) is 5.17. The van der Waals surface area contributed by atoms with E-state index in [1.165, 1.54) is 144 Å². The van der Waals surface area contributed by atoms with Crippen molar-refractivity contribution in [2.24, 2.45) is 0 Å². The summed E-state index contributed by atoms with van der Waals surface area (Å²) in [7, 11) is 0. The first kappa shape index (κ1) is 45.7. The lowest BCUT2D eigenvalue weighted by Gasteiger charge is -2.41. The fraction of sp³-hybridized carbons (Fsp3) is 0.229. The number of benzene rings is 9. The number of aromatic nitrogens is 2. The molecule has 11 aromatic rings. The van der Waals surface area contributed by atoms with Gasteiger partial charge in [0.1, 0.15) is 0 Å². The lowest BCUT2D eigenvalue weighted by Crippen LogP contribution is -2.60. The molecule has 4 nitrogen and oxygen atoms in total. The average molecular weight is 983 g/mol. The molecule has 0 radical (unpaired) electrons. The van der Waals surface area contributed by atoms with Crippen molar-refractivity contribution in [3.63, 3.8) is 0 Å². The van der Waals surface area contributed by atoms with E-state index >= 15 is 0 Å². The Bertz CT molecular complexity index is 4050. The molecule has 0 atom stereocenters. The minimum atomic E-state index is -0.0124. The Kier molecular flexibility index (Phi) is 9.04. The SMILES string of the molecule is CC(C)(C)c1ccc(N2c3ccc(C(C)(C)C)cc3B3c4c2cccc4-n2c4cc5c6cccc7c6n(c5cc4c4cccc3c42)-c2cccc3c2B7c2cc(C(C)(C)C)ccc2N3c2ccc(C(C)(C)C)cc2)cc1. The standard InChI is InChI=1S/C70H64B2N4/c1-67(2,3)41-25-31-45(32-26-41)73-55-35-29-43(69(7,8)9)37-53(55)71-51-19-13-17-47-49-40-62-50(39-61(49)75(65(47)51)59-23-15-21-57(73)63(59)71)48-18-14-20-52-66(48)76(62)60-24-16-22-58-64(60)72(52)54-38-44(70(10,11)12)30-36-56(54)74(58)46-33-27-42(28-34-46)68(4,5)6/h13-40H,1-12H3. The molecule has 0 fully saturated rings. The van der Waals surface area contributed by atoms with E-state index in [0.29, 0.717) is 0 Å². The largest absolute Gasteiger partial charge is 0.311 e. The fourth-order valence-electron chi connectivity index (χ4n) is 14.0. The first-order chi connectivity index (χ1) is 36.3. The van der Waals surface area contributed by atoms with E-state index in [9.17, 15) is 0 Å². The maximum atomic E-state index is 2.64. The first-order valence-electron chi connectivity index (χ1n) is 27.7. The molecular weight excluding hydrogens is 918 g/mol. The van der Waals surface area contributed by atoms with Crippen LogP contribution in [0, 0.1) is 0 Å². The van der Waals surface area contributed by atoms with Crippen LogP contribution in [-0.2, 0) is 21.7 Å². The summed E-state index contributed by atoms with van der Waals surface area (Å²) in [5.74, 6) is 0. The molecule has 0 bridgehead atoms. The Morgan fingerprint density at radius 3 is 1.00 bits per heavy atom. The van der Waals surface area contributed by atoms with Crippen LogP contribution in [-0.4, -0.2) is 22.6 Å². The van der Waals surface area contributed by atoms with Gasteiger partial charge >= 0.3 is 0 Å². The van der Waals surface area contributed by atoms with Crippen molar-refractivity contribution in [3.05, 3.63) is 192 Å². The van der Waals surface area contributed by atoms with Crippen molar-refractivity contribution < 1.29 is 0 Å². The van der Waals surface area contributed by atoms with Gasteiger partial charge in [0.05, 0.1) is 11.0 Å². The maximum absolute atomic E-state index is 2.64.